The summed E-state index contributed by atoms with van der Waals surface area (Å²) in [6.07, 6.45) is 3.66. The number of hydrogen-bond acceptors (Lipinski definition) is 5. The lowest BCUT2D eigenvalue weighted by Crippen LogP contribution is -2.21. The maximum atomic E-state index is 12.9. The normalized spacial score (nSPS) is 14.4. The summed E-state index contributed by atoms with van der Waals surface area (Å²) in [6, 6.07) is 9.09. The van der Waals surface area contributed by atoms with Gasteiger partial charge in [-0.2, -0.15) is 5.10 Å². The van der Waals surface area contributed by atoms with E-state index in [-0.39, 0.29) is 17.4 Å². The van der Waals surface area contributed by atoms with E-state index in [1.165, 1.54) is 6.26 Å². The molecule has 3 aromatic rings. The Bertz CT molecular complexity index is 1120. The molecule has 0 spiro atoms. The monoisotopic (exact) mass is 405 g/mol. The molecular weight excluding hydrogens is 382 g/mol. The summed E-state index contributed by atoms with van der Waals surface area (Å²) in [7, 11) is 0. The van der Waals surface area contributed by atoms with Crippen molar-refractivity contribution in [3.63, 3.8) is 0 Å². The number of aryl methyl sites for hydroxylation is 3. The third-order valence-electron chi connectivity index (χ3n) is 5.05. The van der Waals surface area contributed by atoms with Crippen LogP contribution in [0.3, 0.4) is 0 Å². The molecule has 2 aromatic heterocycles. The summed E-state index contributed by atoms with van der Waals surface area (Å²) in [5, 5.41) is 7.21. The Morgan fingerprint density at radius 1 is 1.03 bits per heavy atom. The molecule has 0 bridgehead atoms. The van der Waals surface area contributed by atoms with Crippen molar-refractivity contribution >= 4 is 23.2 Å². The van der Waals surface area contributed by atoms with E-state index in [1.807, 2.05) is 39.0 Å². The van der Waals surface area contributed by atoms with Crippen LogP contribution >= 0.6 is 0 Å². The molecule has 0 fully saturated rings. The largest absolute Gasteiger partial charge is 0.459 e. The maximum Gasteiger partial charge on any atom is 0.307 e. The zero-order valence-corrected chi connectivity index (χ0v) is 17.2. The second-order valence-electron chi connectivity index (χ2n) is 7.52. The van der Waals surface area contributed by atoms with Gasteiger partial charge in [-0.3, -0.25) is 9.59 Å². The number of benzene rings is 1. The van der Waals surface area contributed by atoms with Crippen molar-refractivity contribution in [2.24, 2.45) is 5.10 Å². The number of anilines is 1. The molecule has 7 heteroatoms. The molecule has 2 heterocycles. The Labute approximate surface area is 174 Å². The second-order valence-corrected chi connectivity index (χ2v) is 7.52. The van der Waals surface area contributed by atoms with Gasteiger partial charge in [-0.15, -0.1) is 0 Å². The van der Waals surface area contributed by atoms with Gasteiger partial charge in [0.1, 0.15) is 5.76 Å². The van der Waals surface area contributed by atoms with Crippen molar-refractivity contribution < 1.29 is 18.4 Å². The second kappa shape index (κ2) is 8.02. The predicted molar refractivity (Wildman–Crippen MR) is 113 cm³/mol. The van der Waals surface area contributed by atoms with Crippen molar-refractivity contribution in [2.45, 2.75) is 40.0 Å². The molecule has 4 rings (SSSR count). The lowest BCUT2D eigenvalue weighted by Gasteiger charge is -2.13. The first-order chi connectivity index (χ1) is 14.4. The van der Waals surface area contributed by atoms with Crippen molar-refractivity contribution in [3.8, 4) is 0 Å². The SMILES string of the molecule is Cc1cc(C)cc(NC(=O)c2oc3c(c2C)/C(=N/NC(=O)c2ccco2)CCC3)c1. The zero-order chi connectivity index (χ0) is 21.3. The first-order valence-corrected chi connectivity index (χ1v) is 9.85. The Kier molecular flexibility index (Phi) is 5.27. The molecule has 0 saturated heterocycles. The highest BCUT2D eigenvalue weighted by Gasteiger charge is 2.28. The fraction of sp³-hybridized carbons (Fsp3) is 0.261. The number of carbonyl (C=O) groups excluding carboxylic acids is 2. The number of fused-ring (bicyclic) bond motifs is 1. The number of hydrazone groups is 1. The minimum absolute atomic E-state index is 0.188. The zero-order valence-electron chi connectivity index (χ0n) is 17.2. The lowest BCUT2D eigenvalue weighted by atomic mass is 9.93. The van der Waals surface area contributed by atoms with Crippen molar-refractivity contribution in [2.75, 3.05) is 5.32 Å². The van der Waals surface area contributed by atoms with Gasteiger partial charge < -0.3 is 14.2 Å². The van der Waals surface area contributed by atoms with Crippen LogP contribution in [0.1, 0.15) is 62.0 Å². The third-order valence-corrected chi connectivity index (χ3v) is 5.05. The van der Waals surface area contributed by atoms with Gasteiger partial charge in [-0.25, -0.2) is 5.43 Å². The van der Waals surface area contributed by atoms with Crippen LogP contribution < -0.4 is 10.7 Å². The van der Waals surface area contributed by atoms with Gasteiger partial charge in [0.05, 0.1) is 12.0 Å². The molecule has 1 aromatic carbocycles. The minimum Gasteiger partial charge on any atom is -0.459 e. The molecule has 0 unspecified atom stereocenters. The van der Waals surface area contributed by atoms with Crippen LogP contribution in [0.2, 0.25) is 0 Å². The molecule has 1 aliphatic carbocycles. The number of hydrogen-bond donors (Lipinski definition) is 2. The molecule has 154 valence electrons. The van der Waals surface area contributed by atoms with E-state index in [1.54, 1.807) is 12.1 Å². The average Bonchev–Trinajstić information content (AvgIpc) is 3.34. The number of amides is 2. The Morgan fingerprint density at radius 2 is 1.80 bits per heavy atom. The molecule has 1 aliphatic rings. The smallest absolute Gasteiger partial charge is 0.307 e. The summed E-state index contributed by atoms with van der Waals surface area (Å²) in [5.74, 6) is 0.452. The van der Waals surface area contributed by atoms with E-state index in [0.717, 1.165) is 46.5 Å². The number of nitrogens with one attached hydrogen (secondary N) is 2. The Hall–Kier alpha value is -3.61. The van der Waals surface area contributed by atoms with Gasteiger partial charge in [0.15, 0.2) is 11.5 Å². The highest BCUT2D eigenvalue weighted by molar-refractivity contribution is 6.09. The van der Waals surface area contributed by atoms with Crippen molar-refractivity contribution in [3.05, 3.63) is 76.1 Å². The van der Waals surface area contributed by atoms with Gasteiger partial charge in [-0.1, -0.05) is 6.07 Å². The van der Waals surface area contributed by atoms with Crippen molar-refractivity contribution in [1.82, 2.24) is 5.43 Å². The van der Waals surface area contributed by atoms with Gasteiger partial charge in [0, 0.05) is 23.2 Å². The summed E-state index contributed by atoms with van der Waals surface area (Å²) in [5.41, 5.74) is 7.61. The Morgan fingerprint density at radius 3 is 2.50 bits per heavy atom. The highest BCUT2D eigenvalue weighted by Crippen LogP contribution is 2.30. The standard InChI is InChI=1S/C23H23N3O4/c1-13-10-14(2)12-16(11-13)24-23(28)21-15(3)20-17(6-4-7-18(20)30-21)25-26-22(27)19-8-5-9-29-19/h5,8-12H,4,6-7H2,1-3H3,(H,24,28)(H,26,27)/b25-17+. The molecule has 30 heavy (non-hydrogen) atoms. The predicted octanol–water partition coefficient (Wildman–Crippen LogP) is 4.52. The fourth-order valence-corrected chi connectivity index (χ4v) is 3.81. The van der Waals surface area contributed by atoms with Crippen LogP contribution in [0, 0.1) is 20.8 Å². The molecule has 7 nitrogen and oxygen atoms in total. The number of furan rings is 2. The summed E-state index contributed by atoms with van der Waals surface area (Å²) >= 11 is 0. The van der Waals surface area contributed by atoms with Gasteiger partial charge in [-0.05, 0) is 69.0 Å². The number of rotatable bonds is 4. The van der Waals surface area contributed by atoms with E-state index in [2.05, 4.69) is 15.8 Å². The average molecular weight is 405 g/mol. The van der Waals surface area contributed by atoms with E-state index in [0.29, 0.717) is 12.1 Å². The lowest BCUT2D eigenvalue weighted by molar-refractivity contribution is 0.0926. The van der Waals surface area contributed by atoms with Crippen LogP contribution in [-0.4, -0.2) is 17.5 Å². The first kappa shape index (κ1) is 19.7. The summed E-state index contributed by atoms with van der Waals surface area (Å²) in [4.78, 5) is 25.0. The van der Waals surface area contributed by atoms with Crippen LogP contribution in [0.15, 0.2) is 50.5 Å². The van der Waals surface area contributed by atoms with Gasteiger partial charge >= 0.3 is 5.91 Å². The molecule has 0 radical (unpaired) electrons. The van der Waals surface area contributed by atoms with Crippen molar-refractivity contribution in [1.29, 1.82) is 0 Å². The molecule has 0 aliphatic heterocycles. The first-order valence-electron chi connectivity index (χ1n) is 9.85. The van der Waals surface area contributed by atoms with E-state index in [4.69, 9.17) is 8.83 Å². The maximum absolute atomic E-state index is 12.9. The Balaban J connectivity index is 1.58. The van der Waals surface area contributed by atoms with E-state index in [9.17, 15) is 9.59 Å². The minimum atomic E-state index is -0.423. The summed E-state index contributed by atoms with van der Waals surface area (Å²) < 4.78 is 11.0. The van der Waals surface area contributed by atoms with E-state index < -0.39 is 5.91 Å². The molecule has 2 amide bonds. The third kappa shape index (κ3) is 3.91. The highest BCUT2D eigenvalue weighted by atomic mass is 16.4. The summed E-state index contributed by atoms with van der Waals surface area (Å²) in [6.45, 7) is 5.81. The molecule has 0 saturated carbocycles. The molecule has 2 N–H and O–H groups in total. The number of nitrogens with zero attached hydrogens (tertiary/aromatic N) is 1. The molecular formula is C23H23N3O4. The van der Waals surface area contributed by atoms with Gasteiger partial charge in [0.25, 0.3) is 5.91 Å². The topological polar surface area (TPSA) is 96.8 Å². The number of carbonyl (C=O) groups is 2. The van der Waals surface area contributed by atoms with Gasteiger partial charge in [0.2, 0.25) is 0 Å². The van der Waals surface area contributed by atoms with Crippen LogP contribution in [0.4, 0.5) is 5.69 Å². The van der Waals surface area contributed by atoms with Crippen LogP contribution in [0.25, 0.3) is 0 Å². The van der Waals surface area contributed by atoms with Crippen LogP contribution in [-0.2, 0) is 6.42 Å². The molecule has 0 atom stereocenters. The van der Waals surface area contributed by atoms with E-state index >= 15 is 0 Å². The fourth-order valence-electron chi connectivity index (χ4n) is 3.81. The quantitative estimate of drug-likeness (QED) is 0.624. The van der Waals surface area contributed by atoms with Crippen LogP contribution in [0.5, 0.6) is 0 Å².